The van der Waals surface area contributed by atoms with Gasteiger partial charge in [0.15, 0.2) is 5.82 Å². The molecule has 5 heteroatoms. The van der Waals surface area contributed by atoms with E-state index in [1.165, 1.54) is 32.1 Å². The van der Waals surface area contributed by atoms with Crippen molar-refractivity contribution in [2.24, 2.45) is 5.73 Å². The molecule has 0 saturated heterocycles. The van der Waals surface area contributed by atoms with E-state index in [9.17, 15) is 0 Å². The maximum absolute atomic E-state index is 5.40. The number of nitrogens with two attached hydrogens (primary N) is 1. The first kappa shape index (κ1) is 11.5. The molecule has 2 rings (SSSR count). The van der Waals surface area contributed by atoms with Crippen LogP contribution in [-0.2, 0) is 6.54 Å². The fraction of sp³-hybridized carbons (Fsp3) is 0.778. The number of nitrogens with zero attached hydrogens (tertiary/aromatic N) is 2. The highest BCUT2D eigenvalue weighted by Crippen LogP contribution is 2.30. The van der Waals surface area contributed by atoms with Gasteiger partial charge in [0.1, 0.15) is 0 Å². The molecule has 1 aliphatic rings. The number of aromatic nitrogens is 2. The molecule has 2 N–H and O–H groups in total. The molecule has 0 aliphatic heterocycles. The largest absolute Gasteiger partial charge is 0.338 e. The van der Waals surface area contributed by atoms with E-state index < -0.39 is 0 Å². The SMILES string of the molecule is Cl.NCc1nc(C2CCCCC2)no1. The molecule has 14 heavy (non-hydrogen) atoms. The Morgan fingerprint density at radius 1 is 1.29 bits per heavy atom. The van der Waals surface area contributed by atoms with Gasteiger partial charge in [-0.25, -0.2) is 0 Å². The molecule has 1 aromatic heterocycles. The molecule has 0 spiro atoms. The maximum Gasteiger partial charge on any atom is 0.240 e. The molecule has 1 aliphatic carbocycles. The first-order chi connectivity index (χ1) is 6.40. The lowest BCUT2D eigenvalue weighted by atomic mass is 9.89. The van der Waals surface area contributed by atoms with Crippen molar-refractivity contribution in [3.63, 3.8) is 0 Å². The van der Waals surface area contributed by atoms with Crippen LogP contribution in [0.5, 0.6) is 0 Å². The van der Waals surface area contributed by atoms with Crippen LogP contribution in [0.15, 0.2) is 4.52 Å². The van der Waals surface area contributed by atoms with Crippen molar-refractivity contribution >= 4 is 12.4 Å². The molecule has 80 valence electrons. The fourth-order valence-corrected chi connectivity index (χ4v) is 1.88. The molecule has 1 aromatic rings. The molecule has 0 amide bonds. The average Bonchev–Trinajstić information content (AvgIpc) is 2.67. The molecular formula is C9H16ClN3O. The summed E-state index contributed by atoms with van der Waals surface area (Å²) in [6, 6.07) is 0. The minimum Gasteiger partial charge on any atom is -0.338 e. The zero-order valence-corrected chi connectivity index (χ0v) is 8.92. The second kappa shape index (κ2) is 5.32. The second-order valence-electron chi connectivity index (χ2n) is 3.59. The Bertz CT molecular complexity index is 271. The normalized spacial score (nSPS) is 17.8. The first-order valence-electron chi connectivity index (χ1n) is 4.92. The minimum absolute atomic E-state index is 0. The smallest absolute Gasteiger partial charge is 0.240 e. The van der Waals surface area contributed by atoms with Gasteiger partial charge in [0.25, 0.3) is 0 Å². The molecule has 0 atom stereocenters. The van der Waals surface area contributed by atoms with E-state index in [-0.39, 0.29) is 12.4 Å². The molecule has 0 aromatic carbocycles. The lowest BCUT2D eigenvalue weighted by molar-refractivity contribution is 0.359. The summed E-state index contributed by atoms with van der Waals surface area (Å²) in [7, 11) is 0. The van der Waals surface area contributed by atoms with Crippen LogP contribution >= 0.6 is 12.4 Å². The Kier molecular flexibility index (Phi) is 4.35. The van der Waals surface area contributed by atoms with Crippen LogP contribution in [0.4, 0.5) is 0 Å². The summed E-state index contributed by atoms with van der Waals surface area (Å²) in [6.45, 7) is 0.347. The molecule has 1 saturated carbocycles. The topological polar surface area (TPSA) is 64.9 Å². The zero-order valence-electron chi connectivity index (χ0n) is 8.11. The zero-order chi connectivity index (χ0) is 9.10. The van der Waals surface area contributed by atoms with E-state index in [0.29, 0.717) is 18.4 Å². The number of hydrogen-bond acceptors (Lipinski definition) is 4. The predicted octanol–water partition coefficient (Wildman–Crippen LogP) is 2.00. The second-order valence-corrected chi connectivity index (χ2v) is 3.59. The number of halogens is 1. The third-order valence-corrected chi connectivity index (χ3v) is 2.63. The summed E-state index contributed by atoms with van der Waals surface area (Å²) in [5.74, 6) is 1.93. The predicted molar refractivity (Wildman–Crippen MR) is 55.3 cm³/mol. The van der Waals surface area contributed by atoms with Crippen molar-refractivity contribution in [3.8, 4) is 0 Å². The molecule has 0 bridgehead atoms. The fourth-order valence-electron chi connectivity index (χ4n) is 1.88. The Morgan fingerprint density at radius 3 is 2.57 bits per heavy atom. The average molecular weight is 218 g/mol. The van der Waals surface area contributed by atoms with Crippen molar-refractivity contribution in [2.75, 3.05) is 0 Å². The van der Waals surface area contributed by atoms with Gasteiger partial charge in [0.05, 0.1) is 6.54 Å². The van der Waals surface area contributed by atoms with Crippen molar-refractivity contribution in [1.29, 1.82) is 0 Å². The van der Waals surface area contributed by atoms with E-state index >= 15 is 0 Å². The van der Waals surface area contributed by atoms with Gasteiger partial charge in [-0.1, -0.05) is 24.4 Å². The standard InChI is InChI=1S/C9H15N3O.ClH/c10-6-8-11-9(12-13-8)7-4-2-1-3-5-7;/h7H,1-6,10H2;1H. The monoisotopic (exact) mass is 217 g/mol. The van der Waals surface area contributed by atoms with E-state index in [4.69, 9.17) is 10.3 Å². The molecule has 1 heterocycles. The van der Waals surface area contributed by atoms with Crippen LogP contribution in [0.2, 0.25) is 0 Å². The summed E-state index contributed by atoms with van der Waals surface area (Å²) < 4.78 is 4.98. The van der Waals surface area contributed by atoms with Crippen LogP contribution in [0.3, 0.4) is 0 Å². The lowest BCUT2D eigenvalue weighted by Crippen LogP contribution is -2.06. The Labute approximate surface area is 89.7 Å². The quantitative estimate of drug-likeness (QED) is 0.823. The van der Waals surface area contributed by atoms with Crippen LogP contribution in [-0.4, -0.2) is 10.1 Å². The minimum atomic E-state index is 0. The third-order valence-electron chi connectivity index (χ3n) is 2.63. The summed E-state index contributed by atoms with van der Waals surface area (Å²) in [5, 5.41) is 3.94. The van der Waals surface area contributed by atoms with E-state index in [2.05, 4.69) is 10.1 Å². The summed E-state index contributed by atoms with van der Waals surface area (Å²) >= 11 is 0. The molecule has 1 fully saturated rings. The van der Waals surface area contributed by atoms with Crippen LogP contribution in [0.1, 0.15) is 49.7 Å². The highest BCUT2D eigenvalue weighted by Gasteiger charge is 2.20. The number of rotatable bonds is 2. The van der Waals surface area contributed by atoms with Crippen molar-refractivity contribution < 1.29 is 4.52 Å². The van der Waals surface area contributed by atoms with E-state index in [1.54, 1.807) is 0 Å². The van der Waals surface area contributed by atoms with Crippen molar-refractivity contribution in [3.05, 3.63) is 11.7 Å². The van der Waals surface area contributed by atoms with Crippen LogP contribution < -0.4 is 5.73 Å². The first-order valence-corrected chi connectivity index (χ1v) is 4.92. The molecule has 4 nitrogen and oxygen atoms in total. The van der Waals surface area contributed by atoms with Gasteiger partial charge in [-0.3, -0.25) is 0 Å². The summed E-state index contributed by atoms with van der Waals surface area (Å²) in [4.78, 5) is 4.25. The third kappa shape index (κ3) is 2.45. The van der Waals surface area contributed by atoms with Crippen LogP contribution in [0.25, 0.3) is 0 Å². The Morgan fingerprint density at radius 2 is 2.00 bits per heavy atom. The highest BCUT2D eigenvalue weighted by molar-refractivity contribution is 5.85. The highest BCUT2D eigenvalue weighted by atomic mass is 35.5. The Balaban J connectivity index is 0.000000980. The Hall–Kier alpha value is -0.610. The van der Waals surface area contributed by atoms with Gasteiger partial charge < -0.3 is 10.3 Å². The summed E-state index contributed by atoms with van der Waals surface area (Å²) in [5.41, 5.74) is 5.40. The van der Waals surface area contributed by atoms with Crippen molar-refractivity contribution in [2.45, 2.75) is 44.6 Å². The van der Waals surface area contributed by atoms with Gasteiger partial charge in [0, 0.05) is 5.92 Å². The molecule has 0 radical (unpaired) electrons. The van der Waals surface area contributed by atoms with Gasteiger partial charge >= 0.3 is 0 Å². The van der Waals surface area contributed by atoms with Crippen LogP contribution in [0, 0.1) is 0 Å². The van der Waals surface area contributed by atoms with E-state index in [0.717, 1.165) is 5.82 Å². The van der Waals surface area contributed by atoms with Gasteiger partial charge in [0.2, 0.25) is 5.89 Å². The van der Waals surface area contributed by atoms with E-state index in [1.807, 2.05) is 0 Å². The maximum atomic E-state index is 5.40. The van der Waals surface area contributed by atoms with Crippen molar-refractivity contribution in [1.82, 2.24) is 10.1 Å². The molecule has 0 unspecified atom stereocenters. The van der Waals surface area contributed by atoms with Gasteiger partial charge in [-0.05, 0) is 12.8 Å². The van der Waals surface area contributed by atoms with Gasteiger partial charge in [-0.2, -0.15) is 4.98 Å². The molecular weight excluding hydrogens is 202 g/mol. The summed E-state index contributed by atoms with van der Waals surface area (Å²) in [6.07, 6.45) is 6.32. The van der Waals surface area contributed by atoms with Gasteiger partial charge in [-0.15, -0.1) is 12.4 Å². The lowest BCUT2D eigenvalue weighted by Gasteiger charge is -2.17. The number of hydrogen-bond donors (Lipinski definition) is 1.